The van der Waals surface area contributed by atoms with Crippen LogP contribution in [0.1, 0.15) is 36.2 Å². The number of nitrogens with one attached hydrogen (secondary N) is 1. The number of anilines is 1. The standard InChI is InChI=1S/C23H32N2O6S/c1-17(2)31-13-9-12-24-23(26)19-14-21(29-3)22(30-4)15-20(19)25(32(5,27)28)16-18-10-7-6-8-11-18/h6-8,10-11,14-15,17H,9,12-13,16H2,1-5H3,(H,24,26). The summed E-state index contributed by atoms with van der Waals surface area (Å²) in [5.41, 5.74) is 1.17. The minimum absolute atomic E-state index is 0.0671. The van der Waals surface area contributed by atoms with Crippen molar-refractivity contribution < 1.29 is 27.4 Å². The highest BCUT2D eigenvalue weighted by Crippen LogP contribution is 2.36. The van der Waals surface area contributed by atoms with Gasteiger partial charge in [-0.05, 0) is 31.9 Å². The highest BCUT2D eigenvalue weighted by Gasteiger charge is 2.26. The molecule has 0 aliphatic rings. The molecule has 1 N–H and O–H groups in total. The highest BCUT2D eigenvalue weighted by molar-refractivity contribution is 7.92. The van der Waals surface area contributed by atoms with Crippen molar-refractivity contribution in [2.45, 2.75) is 32.9 Å². The van der Waals surface area contributed by atoms with E-state index in [9.17, 15) is 13.2 Å². The number of carbonyl (C=O) groups excluding carboxylic acids is 1. The van der Waals surface area contributed by atoms with Gasteiger partial charge in [-0.3, -0.25) is 9.10 Å². The average Bonchev–Trinajstić information content (AvgIpc) is 2.76. The summed E-state index contributed by atoms with van der Waals surface area (Å²) in [4.78, 5) is 13.0. The van der Waals surface area contributed by atoms with E-state index in [4.69, 9.17) is 14.2 Å². The maximum Gasteiger partial charge on any atom is 0.253 e. The Bertz CT molecular complexity index is 993. The van der Waals surface area contributed by atoms with E-state index in [1.165, 1.54) is 30.7 Å². The maximum absolute atomic E-state index is 13.0. The third-order valence-corrected chi connectivity index (χ3v) is 5.77. The molecule has 0 saturated heterocycles. The van der Waals surface area contributed by atoms with Crippen LogP contribution in [0.2, 0.25) is 0 Å². The second kappa shape index (κ2) is 11.7. The smallest absolute Gasteiger partial charge is 0.253 e. The Morgan fingerprint density at radius 3 is 2.25 bits per heavy atom. The number of sulfonamides is 1. The molecule has 0 radical (unpaired) electrons. The summed E-state index contributed by atoms with van der Waals surface area (Å²) in [5.74, 6) is 0.246. The normalized spacial score (nSPS) is 11.3. The lowest BCUT2D eigenvalue weighted by molar-refractivity contribution is 0.0757. The SMILES string of the molecule is COc1cc(C(=O)NCCCOC(C)C)c(N(Cc2ccccc2)S(C)(=O)=O)cc1OC. The van der Waals surface area contributed by atoms with Crippen molar-refractivity contribution >= 4 is 21.6 Å². The van der Waals surface area contributed by atoms with Gasteiger partial charge in [0, 0.05) is 19.2 Å². The van der Waals surface area contributed by atoms with Crippen LogP contribution in [0.5, 0.6) is 11.5 Å². The summed E-state index contributed by atoms with van der Waals surface area (Å²) < 4.78 is 42.9. The Morgan fingerprint density at radius 1 is 1.06 bits per heavy atom. The molecule has 2 rings (SSSR count). The van der Waals surface area contributed by atoms with Crippen LogP contribution in [0.4, 0.5) is 5.69 Å². The van der Waals surface area contributed by atoms with Gasteiger partial charge in [-0.15, -0.1) is 0 Å². The highest BCUT2D eigenvalue weighted by atomic mass is 32.2. The lowest BCUT2D eigenvalue weighted by atomic mass is 10.1. The first-order chi connectivity index (χ1) is 15.2. The van der Waals surface area contributed by atoms with Crippen molar-refractivity contribution in [3.05, 3.63) is 53.6 Å². The first kappa shape index (κ1) is 25.5. The number of nitrogens with zero attached hydrogens (tertiary/aromatic N) is 1. The van der Waals surface area contributed by atoms with Gasteiger partial charge in [0.25, 0.3) is 5.91 Å². The molecule has 0 heterocycles. The molecule has 32 heavy (non-hydrogen) atoms. The van der Waals surface area contributed by atoms with E-state index in [0.29, 0.717) is 31.1 Å². The molecule has 176 valence electrons. The van der Waals surface area contributed by atoms with Crippen LogP contribution in [0.15, 0.2) is 42.5 Å². The summed E-state index contributed by atoms with van der Waals surface area (Å²) in [7, 11) is -0.803. The molecule has 8 nitrogen and oxygen atoms in total. The number of ether oxygens (including phenoxy) is 3. The number of hydrogen-bond donors (Lipinski definition) is 1. The van der Waals surface area contributed by atoms with Gasteiger partial charge in [-0.2, -0.15) is 0 Å². The molecule has 2 aromatic carbocycles. The number of rotatable bonds is 12. The number of hydrogen-bond acceptors (Lipinski definition) is 6. The molecule has 0 aliphatic heterocycles. The lowest BCUT2D eigenvalue weighted by Crippen LogP contribution is -2.33. The van der Waals surface area contributed by atoms with Gasteiger partial charge in [0.2, 0.25) is 10.0 Å². The number of amides is 1. The van der Waals surface area contributed by atoms with Crippen LogP contribution >= 0.6 is 0 Å². The van der Waals surface area contributed by atoms with Crippen molar-refractivity contribution in [3.63, 3.8) is 0 Å². The van der Waals surface area contributed by atoms with Gasteiger partial charge in [-0.25, -0.2) is 8.42 Å². The van der Waals surface area contributed by atoms with E-state index in [-0.39, 0.29) is 23.9 Å². The molecule has 1 amide bonds. The molecule has 0 unspecified atom stereocenters. The molecule has 0 spiro atoms. The molecular weight excluding hydrogens is 432 g/mol. The first-order valence-electron chi connectivity index (χ1n) is 10.3. The number of methoxy groups -OCH3 is 2. The van der Waals surface area contributed by atoms with Gasteiger partial charge < -0.3 is 19.5 Å². The summed E-state index contributed by atoms with van der Waals surface area (Å²) in [6.07, 6.45) is 1.86. The quantitative estimate of drug-likeness (QED) is 0.485. The van der Waals surface area contributed by atoms with E-state index in [2.05, 4.69) is 5.32 Å². The zero-order chi connectivity index (χ0) is 23.7. The van der Waals surface area contributed by atoms with Crippen molar-refractivity contribution in [1.82, 2.24) is 5.32 Å². The molecule has 9 heteroatoms. The van der Waals surface area contributed by atoms with Crippen LogP contribution in [0.25, 0.3) is 0 Å². The van der Waals surface area contributed by atoms with Crippen molar-refractivity contribution in [2.75, 3.05) is 37.9 Å². The summed E-state index contributed by atoms with van der Waals surface area (Å²) in [6, 6.07) is 12.2. The van der Waals surface area contributed by atoms with Crippen LogP contribution in [-0.2, 0) is 21.3 Å². The second-order valence-corrected chi connectivity index (χ2v) is 9.42. The lowest BCUT2D eigenvalue weighted by Gasteiger charge is -2.26. The predicted octanol–water partition coefficient (Wildman–Crippen LogP) is 3.21. The summed E-state index contributed by atoms with van der Waals surface area (Å²) >= 11 is 0. The van der Waals surface area contributed by atoms with Crippen LogP contribution < -0.4 is 19.1 Å². The molecule has 0 atom stereocenters. The minimum Gasteiger partial charge on any atom is -0.493 e. The molecule has 0 aromatic heterocycles. The average molecular weight is 465 g/mol. The first-order valence-corrected chi connectivity index (χ1v) is 12.2. The Morgan fingerprint density at radius 2 is 1.69 bits per heavy atom. The fraction of sp³-hybridized carbons (Fsp3) is 0.435. The number of benzene rings is 2. The predicted molar refractivity (Wildman–Crippen MR) is 125 cm³/mol. The zero-order valence-electron chi connectivity index (χ0n) is 19.3. The Kier molecular flexibility index (Phi) is 9.34. The molecule has 2 aromatic rings. The fourth-order valence-electron chi connectivity index (χ4n) is 3.08. The number of carbonyl (C=O) groups is 1. The van der Waals surface area contributed by atoms with Gasteiger partial charge in [-0.1, -0.05) is 30.3 Å². The van der Waals surface area contributed by atoms with Crippen molar-refractivity contribution in [2.24, 2.45) is 0 Å². The third kappa shape index (κ3) is 7.13. The molecule has 0 fully saturated rings. The van der Waals surface area contributed by atoms with E-state index in [0.717, 1.165) is 11.8 Å². The Labute approximate surface area is 190 Å². The summed E-state index contributed by atoms with van der Waals surface area (Å²) in [5, 5.41) is 2.84. The van der Waals surface area contributed by atoms with Crippen LogP contribution in [0.3, 0.4) is 0 Å². The minimum atomic E-state index is -3.72. The van der Waals surface area contributed by atoms with Gasteiger partial charge in [0.1, 0.15) is 0 Å². The van der Waals surface area contributed by atoms with E-state index < -0.39 is 15.9 Å². The summed E-state index contributed by atoms with van der Waals surface area (Å²) in [6.45, 7) is 4.86. The van der Waals surface area contributed by atoms with E-state index in [1.807, 2.05) is 44.2 Å². The maximum atomic E-state index is 13.0. The van der Waals surface area contributed by atoms with Gasteiger partial charge in [0.15, 0.2) is 11.5 Å². The van der Waals surface area contributed by atoms with Gasteiger partial charge in [0.05, 0.1) is 44.4 Å². The fourth-order valence-corrected chi connectivity index (χ4v) is 3.97. The second-order valence-electron chi connectivity index (χ2n) is 7.51. The van der Waals surface area contributed by atoms with Crippen LogP contribution in [-0.4, -0.2) is 54.1 Å². The van der Waals surface area contributed by atoms with Crippen molar-refractivity contribution in [1.29, 1.82) is 0 Å². The Hall–Kier alpha value is -2.78. The topological polar surface area (TPSA) is 94.2 Å². The largest absolute Gasteiger partial charge is 0.493 e. The molecule has 0 saturated carbocycles. The van der Waals surface area contributed by atoms with Crippen LogP contribution in [0, 0.1) is 0 Å². The molecular formula is C23H32N2O6S. The molecule has 0 aliphatic carbocycles. The van der Waals surface area contributed by atoms with E-state index in [1.54, 1.807) is 0 Å². The van der Waals surface area contributed by atoms with E-state index >= 15 is 0 Å². The third-order valence-electron chi connectivity index (χ3n) is 4.64. The van der Waals surface area contributed by atoms with Crippen molar-refractivity contribution in [3.8, 4) is 11.5 Å². The Balaban J connectivity index is 2.42. The molecule has 0 bridgehead atoms. The monoisotopic (exact) mass is 464 g/mol. The van der Waals surface area contributed by atoms with Gasteiger partial charge >= 0.3 is 0 Å². The zero-order valence-corrected chi connectivity index (χ0v) is 20.1.